The fraction of sp³-hybridized carbons (Fsp3) is 0.400. The molecular weight excluding hydrogens is 338 g/mol. The molecule has 0 saturated carbocycles. The molecule has 4 heterocycles. The number of fused-ring (bicyclic) bond motifs is 1. The van der Waals surface area contributed by atoms with E-state index in [9.17, 15) is 10.1 Å². The molecule has 0 aliphatic carbocycles. The maximum atomic E-state index is 11.0. The summed E-state index contributed by atoms with van der Waals surface area (Å²) in [6.07, 6.45) is 6.81. The highest BCUT2D eigenvalue weighted by Crippen LogP contribution is 2.22. The molecule has 3 aromatic heterocycles. The first kappa shape index (κ1) is 16.1. The van der Waals surface area contributed by atoms with Crippen LogP contribution in [-0.4, -0.2) is 58.6 Å². The molecule has 4 rings (SSSR count). The predicted molar refractivity (Wildman–Crippen MR) is 93.2 cm³/mol. The third kappa shape index (κ3) is 2.87. The summed E-state index contributed by atoms with van der Waals surface area (Å²) in [4.78, 5) is 20.9. The van der Waals surface area contributed by atoms with Gasteiger partial charge in [0, 0.05) is 13.1 Å². The van der Waals surface area contributed by atoms with Crippen LogP contribution < -0.4 is 0 Å². The lowest BCUT2D eigenvalue weighted by Gasteiger charge is -2.23. The normalized spacial score (nSPS) is 15.2. The molecule has 0 bridgehead atoms. The first-order valence-electron chi connectivity index (χ1n) is 8.30. The first-order valence-corrected chi connectivity index (χ1v) is 8.30. The third-order valence-corrected chi connectivity index (χ3v) is 4.35. The summed E-state index contributed by atoms with van der Waals surface area (Å²) in [6.45, 7) is 2.00. The van der Waals surface area contributed by atoms with Crippen LogP contribution in [0.15, 0.2) is 23.3 Å². The number of likely N-dealkylation sites (tertiary alicyclic amines) is 1. The molecule has 3 aromatic rings. The van der Waals surface area contributed by atoms with E-state index >= 15 is 0 Å². The van der Waals surface area contributed by atoms with Crippen molar-refractivity contribution in [3.05, 3.63) is 28.4 Å². The maximum absolute atomic E-state index is 11.0. The molecule has 134 valence electrons. The molecule has 1 aliphatic rings. The minimum absolute atomic E-state index is 0.268. The van der Waals surface area contributed by atoms with Crippen molar-refractivity contribution in [1.29, 1.82) is 0 Å². The molecule has 0 atom stereocenters. The second kappa shape index (κ2) is 6.50. The van der Waals surface area contributed by atoms with Crippen molar-refractivity contribution in [2.24, 2.45) is 12.0 Å². The van der Waals surface area contributed by atoms with E-state index in [2.05, 4.69) is 30.2 Å². The lowest BCUT2D eigenvalue weighted by atomic mass is 10.1. The number of nitrogens with zero attached hydrogens (tertiary/aromatic N) is 9. The summed E-state index contributed by atoms with van der Waals surface area (Å²) in [5, 5.41) is 23.6. The lowest BCUT2D eigenvalue weighted by Crippen LogP contribution is -2.28. The fourth-order valence-electron chi connectivity index (χ4n) is 2.96. The van der Waals surface area contributed by atoms with Gasteiger partial charge in [-0.05, 0) is 36.3 Å². The topological polar surface area (TPSA) is 120 Å². The van der Waals surface area contributed by atoms with Gasteiger partial charge in [-0.1, -0.05) is 4.98 Å². The molecule has 0 unspecified atom stereocenters. The van der Waals surface area contributed by atoms with E-state index in [0.29, 0.717) is 23.0 Å². The van der Waals surface area contributed by atoms with Crippen molar-refractivity contribution in [1.82, 2.24) is 34.3 Å². The Morgan fingerprint density at radius 3 is 2.77 bits per heavy atom. The van der Waals surface area contributed by atoms with Gasteiger partial charge in [-0.2, -0.15) is 4.52 Å². The Hall–Kier alpha value is -3.37. The Morgan fingerprint density at radius 1 is 1.23 bits per heavy atom. The summed E-state index contributed by atoms with van der Waals surface area (Å²) >= 11 is 0. The van der Waals surface area contributed by atoms with Gasteiger partial charge >= 0.3 is 5.95 Å². The van der Waals surface area contributed by atoms with Gasteiger partial charge < -0.3 is 15.0 Å². The average molecular weight is 355 g/mol. The highest BCUT2D eigenvalue weighted by atomic mass is 16.6. The molecule has 0 radical (unpaired) electrons. The second-order valence-electron chi connectivity index (χ2n) is 6.09. The van der Waals surface area contributed by atoms with Crippen LogP contribution in [0.1, 0.15) is 19.3 Å². The Morgan fingerprint density at radius 2 is 2.04 bits per heavy atom. The Bertz CT molecular complexity index is 984. The van der Waals surface area contributed by atoms with Crippen LogP contribution in [-0.2, 0) is 7.05 Å². The summed E-state index contributed by atoms with van der Waals surface area (Å²) < 4.78 is 2.87. The van der Waals surface area contributed by atoms with Crippen LogP contribution in [0.25, 0.3) is 17.2 Å². The van der Waals surface area contributed by atoms with Crippen molar-refractivity contribution in [3.8, 4) is 11.5 Å². The zero-order valence-electron chi connectivity index (χ0n) is 14.2. The first-order chi connectivity index (χ1) is 12.6. The van der Waals surface area contributed by atoms with E-state index in [1.54, 1.807) is 19.2 Å². The zero-order chi connectivity index (χ0) is 18.1. The number of piperidine rings is 1. The summed E-state index contributed by atoms with van der Waals surface area (Å²) in [5.74, 6) is 0.620. The van der Waals surface area contributed by atoms with Gasteiger partial charge in [0.25, 0.3) is 0 Å². The van der Waals surface area contributed by atoms with E-state index in [4.69, 9.17) is 0 Å². The molecule has 0 aromatic carbocycles. The van der Waals surface area contributed by atoms with Crippen molar-refractivity contribution < 1.29 is 4.92 Å². The van der Waals surface area contributed by atoms with Gasteiger partial charge in [-0.25, -0.2) is 9.56 Å². The van der Waals surface area contributed by atoms with E-state index in [-0.39, 0.29) is 5.95 Å². The molecule has 26 heavy (non-hydrogen) atoms. The monoisotopic (exact) mass is 355 g/mol. The maximum Gasteiger partial charge on any atom is 0.434 e. The van der Waals surface area contributed by atoms with E-state index in [0.717, 1.165) is 13.1 Å². The largest absolute Gasteiger partial charge is 0.434 e. The summed E-state index contributed by atoms with van der Waals surface area (Å²) in [7, 11) is 1.56. The molecule has 1 saturated heterocycles. The zero-order valence-corrected chi connectivity index (χ0v) is 14.2. The van der Waals surface area contributed by atoms with Crippen molar-refractivity contribution in [3.63, 3.8) is 0 Å². The standard InChI is InChI=1S/C15H17N9O2/c1-21-11(9-16-15(21)24(25)26)14-19-18-13-6-5-12(20-23(13)14)17-10-22-7-3-2-4-8-22/h5-6,9-10H,2-4,7-8H2,1H3. The predicted octanol–water partition coefficient (Wildman–Crippen LogP) is 1.58. The number of hydrogen-bond donors (Lipinski definition) is 0. The summed E-state index contributed by atoms with van der Waals surface area (Å²) in [5.41, 5.74) is 0.981. The van der Waals surface area contributed by atoms with Gasteiger partial charge in [0.1, 0.15) is 6.20 Å². The van der Waals surface area contributed by atoms with Crippen molar-refractivity contribution in [2.75, 3.05) is 13.1 Å². The minimum atomic E-state index is -0.547. The fourth-order valence-corrected chi connectivity index (χ4v) is 2.96. The van der Waals surface area contributed by atoms with Gasteiger partial charge in [0.2, 0.25) is 5.82 Å². The Balaban J connectivity index is 1.69. The smallest absolute Gasteiger partial charge is 0.390 e. The highest BCUT2D eigenvalue weighted by molar-refractivity contribution is 5.61. The van der Waals surface area contributed by atoms with Gasteiger partial charge in [-0.3, -0.25) is 0 Å². The molecule has 0 spiro atoms. The molecule has 0 N–H and O–H groups in total. The minimum Gasteiger partial charge on any atom is -0.390 e. The Labute approximate surface area is 148 Å². The van der Waals surface area contributed by atoms with Gasteiger partial charge in [-0.15, -0.1) is 15.3 Å². The number of imidazole rings is 1. The van der Waals surface area contributed by atoms with Crippen LogP contribution in [0, 0.1) is 10.1 Å². The summed E-state index contributed by atoms with van der Waals surface area (Å²) in [6, 6.07) is 3.52. The van der Waals surface area contributed by atoms with E-state index in [1.807, 2.05) is 6.34 Å². The van der Waals surface area contributed by atoms with Crippen molar-refractivity contribution >= 4 is 23.8 Å². The van der Waals surface area contributed by atoms with Gasteiger partial charge in [0.05, 0.1) is 13.4 Å². The third-order valence-electron chi connectivity index (χ3n) is 4.35. The van der Waals surface area contributed by atoms with Crippen LogP contribution in [0.2, 0.25) is 0 Å². The number of rotatable bonds is 4. The van der Waals surface area contributed by atoms with Crippen LogP contribution in [0.5, 0.6) is 0 Å². The molecular formula is C15H17N9O2. The van der Waals surface area contributed by atoms with Crippen LogP contribution in [0.4, 0.5) is 11.8 Å². The van der Waals surface area contributed by atoms with E-state index in [1.165, 1.54) is 34.5 Å². The number of nitro groups is 1. The lowest BCUT2D eigenvalue weighted by molar-refractivity contribution is -0.396. The quantitative estimate of drug-likeness (QED) is 0.301. The Kier molecular flexibility index (Phi) is 4.03. The molecule has 11 heteroatoms. The molecule has 11 nitrogen and oxygen atoms in total. The number of aliphatic imine (C=N–C) groups is 1. The molecule has 1 aliphatic heterocycles. The molecule has 1 fully saturated rings. The number of hydrogen-bond acceptors (Lipinski definition) is 7. The van der Waals surface area contributed by atoms with E-state index < -0.39 is 4.92 Å². The average Bonchev–Trinajstić information content (AvgIpc) is 3.23. The molecule has 0 amide bonds. The van der Waals surface area contributed by atoms with Crippen LogP contribution >= 0.6 is 0 Å². The number of aromatic nitrogens is 6. The van der Waals surface area contributed by atoms with Gasteiger partial charge in [0.15, 0.2) is 17.2 Å². The SMILES string of the molecule is Cn1c(-c2nnc3ccc(N=CN4CCCCC4)nn23)cnc1[N+](=O)[O-]. The van der Waals surface area contributed by atoms with Crippen molar-refractivity contribution in [2.45, 2.75) is 19.3 Å². The van der Waals surface area contributed by atoms with Crippen LogP contribution in [0.3, 0.4) is 0 Å². The highest BCUT2D eigenvalue weighted by Gasteiger charge is 2.23. The second-order valence-corrected chi connectivity index (χ2v) is 6.09.